The highest BCUT2D eigenvalue weighted by Crippen LogP contribution is 2.10. The van der Waals surface area contributed by atoms with Gasteiger partial charge in [-0.25, -0.2) is 0 Å². The molecular formula is C11H20N4. The molecule has 0 radical (unpaired) electrons. The van der Waals surface area contributed by atoms with Crippen LogP contribution in [0.4, 0.5) is 0 Å². The molecule has 2 N–H and O–H groups in total. The van der Waals surface area contributed by atoms with Gasteiger partial charge in [0.15, 0.2) is 0 Å². The van der Waals surface area contributed by atoms with Crippen molar-refractivity contribution in [2.45, 2.75) is 20.3 Å². The summed E-state index contributed by atoms with van der Waals surface area (Å²) in [7, 11) is 0. The molecule has 1 aromatic rings. The lowest BCUT2D eigenvalue weighted by Crippen LogP contribution is -2.44. The monoisotopic (exact) mass is 208 g/mol. The number of aromatic nitrogens is 2. The summed E-state index contributed by atoms with van der Waals surface area (Å²) in [6.45, 7) is 9.95. The van der Waals surface area contributed by atoms with Crippen molar-refractivity contribution in [1.82, 2.24) is 20.4 Å². The highest BCUT2D eigenvalue weighted by Gasteiger charge is 2.11. The van der Waals surface area contributed by atoms with E-state index in [1.807, 2.05) is 0 Å². The van der Waals surface area contributed by atoms with Gasteiger partial charge in [-0.2, -0.15) is 5.10 Å². The Kier molecular flexibility index (Phi) is 3.38. The summed E-state index contributed by atoms with van der Waals surface area (Å²) in [5.74, 6) is 0. The second-order valence-corrected chi connectivity index (χ2v) is 4.25. The summed E-state index contributed by atoms with van der Waals surface area (Å²) in [5, 5.41) is 10.6. The number of nitrogens with one attached hydrogen (secondary N) is 2. The number of rotatable bonds is 3. The number of nitrogens with zero attached hydrogens (tertiary/aromatic N) is 2. The van der Waals surface area contributed by atoms with Crippen LogP contribution in [0.3, 0.4) is 0 Å². The molecule has 15 heavy (non-hydrogen) atoms. The van der Waals surface area contributed by atoms with Gasteiger partial charge >= 0.3 is 0 Å². The fraction of sp³-hybridized carbons (Fsp3) is 0.727. The smallest absolute Gasteiger partial charge is 0.0626 e. The predicted molar refractivity (Wildman–Crippen MR) is 61.1 cm³/mol. The minimum Gasteiger partial charge on any atom is -0.314 e. The van der Waals surface area contributed by atoms with E-state index in [-0.39, 0.29) is 0 Å². The molecule has 84 valence electrons. The van der Waals surface area contributed by atoms with Crippen LogP contribution in [0.25, 0.3) is 0 Å². The maximum atomic E-state index is 4.22. The SMILES string of the molecule is Cc1n[nH]c(C)c1CCN1CCNCC1. The molecule has 4 nitrogen and oxygen atoms in total. The van der Waals surface area contributed by atoms with E-state index in [0.29, 0.717) is 0 Å². The molecule has 2 heterocycles. The van der Waals surface area contributed by atoms with Crippen molar-refractivity contribution in [3.05, 3.63) is 17.0 Å². The van der Waals surface area contributed by atoms with Crippen molar-refractivity contribution in [1.29, 1.82) is 0 Å². The van der Waals surface area contributed by atoms with Gasteiger partial charge < -0.3 is 10.2 Å². The van der Waals surface area contributed by atoms with Crippen LogP contribution < -0.4 is 5.32 Å². The minimum absolute atomic E-state index is 1.12. The van der Waals surface area contributed by atoms with Crippen molar-refractivity contribution in [3.8, 4) is 0 Å². The Morgan fingerprint density at radius 3 is 2.60 bits per heavy atom. The lowest BCUT2D eigenvalue weighted by Gasteiger charge is -2.27. The molecule has 0 unspecified atom stereocenters. The number of piperazine rings is 1. The quantitative estimate of drug-likeness (QED) is 0.759. The lowest BCUT2D eigenvalue weighted by molar-refractivity contribution is 0.243. The van der Waals surface area contributed by atoms with Crippen LogP contribution in [-0.4, -0.2) is 47.8 Å². The summed E-state index contributed by atoms with van der Waals surface area (Å²) < 4.78 is 0. The van der Waals surface area contributed by atoms with Crippen LogP contribution in [0.15, 0.2) is 0 Å². The molecule has 1 fully saturated rings. The van der Waals surface area contributed by atoms with E-state index >= 15 is 0 Å². The van der Waals surface area contributed by atoms with E-state index in [1.54, 1.807) is 0 Å². The van der Waals surface area contributed by atoms with E-state index in [4.69, 9.17) is 0 Å². The zero-order valence-corrected chi connectivity index (χ0v) is 9.64. The largest absolute Gasteiger partial charge is 0.314 e. The number of H-pyrrole nitrogens is 1. The van der Waals surface area contributed by atoms with Crippen molar-refractivity contribution in [2.75, 3.05) is 32.7 Å². The van der Waals surface area contributed by atoms with E-state index in [9.17, 15) is 0 Å². The average molecular weight is 208 g/mol. The molecule has 0 aromatic carbocycles. The Balaban J connectivity index is 1.87. The molecule has 0 aliphatic carbocycles. The third kappa shape index (κ3) is 2.58. The fourth-order valence-electron chi connectivity index (χ4n) is 2.15. The van der Waals surface area contributed by atoms with Gasteiger partial charge in [-0.15, -0.1) is 0 Å². The minimum atomic E-state index is 1.12. The summed E-state index contributed by atoms with van der Waals surface area (Å²) in [6, 6.07) is 0. The molecule has 1 saturated heterocycles. The molecule has 1 aromatic heterocycles. The number of aromatic amines is 1. The van der Waals surface area contributed by atoms with E-state index in [1.165, 1.54) is 24.3 Å². The first-order valence-electron chi connectivity index (χ1n) is 5.71. The van der Waals surface area contributed by atoms with Gasteiger partial charge in [-0.1, -0.05) is 0 Å². The molecule has 1 aliphatic heterocycles. The number of hydrogen-bond acceptors (Lipinski definition) is 3. The van der Waals surface area contributed by atoms with Crippen molar-refractivity contribution >= 4 is 0 Å². The van der Waals surface area contributed by atoms with Gasteiger partial charge in [-0.05, 0) is 25.8 Å². The van der Waals surface area contributed by atoms with Crippen LogP contribution in [0.2, 0.25) is 0 Å². The summed E-state index contributed by atoms with van der Waals surface area (Å²) in [4.78, 5) is 2.52. The van der Waals surface area contributed by atoms with Gasteiger partial charge in [0.25, 0.3) is 0 Å². The Labute approximate surface area is 91.1 Å². The molecule has 0 amide bonds. The molecule has 0 saturated carbocycles. The van der Waals surface area contributed by atoms with Gasteiger partial charge in [0, 0.05) is 38.4 Å². The van der Waals surface area contributed by atoms with E-state index in [2.05, 4.69) is 34.3 Å². The molecule has 4 heteroatoms. The zero-order valence-electron chi connectivity index (χ0n) is 9.64. The van der Waals surface area contributed by atoms with Crippen LogP contribution in [0, 0.1) is 13.8 Å². The van der Waals surface area contributed by atoms with Gasteiger partial charge in [0.2, 0.25) is 0 Å². The molecule has 0 atom stereocenters. The normalized spacial score (nSPS) is 18.3. The maximum absolute atomic E-state index is 4.22. The van der Waals surface area contributed by atoms with Crippen LogP contribution in [0.5, 0.6) is 0 Å². The topological polar surface area (TPSA) is 44.0 Å². The molecule has 2 rings (SSSR count). The Morgan fingerprint density at radius 2 is 2.00 bits per heavy atom. The Morgan fingerprint density at radius 1 is 1.27 bits per heavy atom. The Bertz CT molecular complexity index is 293. The van der Waals surface area contributed by atoms with E-state index < -0.39 is 0 Å². The van der Waals surface area contributed by atoms with Crippen LogP contribution in [-0.2, 0) is 6.42 Å². The van der Waals surface area contributed by atoms with Gasteiger partial charge in [-0.3, -0.25) is 5.10 Å². The van der Waals surface area contributed by atoms with Gasteiger partial charge in [0.05, 0.1) is 5.69 Å². The van der Waals surface area contributed by atoms with Crippen LogP contribution in [0.1, 0.15) is 17.0 Å². The van der Waals surface area contributed by atoms with E-state index in [0.717, 1.165) is 31.7 Å². The van der Waals surface area contributed by atoms with Crippen molar-refractivity contribution in [3.63, 3.8) is 0 Å². The standard InChI is InChI=1S/C11H20N4/c1-9-11(10(2)14-13-9)3-6-15-7-4-12-5-8-15/h12H,3-8H2,1-2H3,(H,13,14). The second kappa shape index (κ2) is 4.77. The fourth-order valence-corrected chi connectivity index (χ4v) is 2.15. The average Bonchev–Trinajstić information content (AvgIpc) is 2.58. The maximum Gasteiger partial charge on any atom is 0.0626 e. The lowest BCUT2D eigenvalue weighted by atomic mass is 10.1. The van der Waals surface area contributed by atoms with Gasteiger partial charge in [0.1, 0.15) is 0 Å². The molecule has 0 spiro atoms. The number of aryl methyl sites for hydroxylation is 2. The predicted octanol–water partition coefficient (Wildman–Crippen LogP) is 0.474. The Hall–Kier alpha value is -0.870. The first-order chi connectivity index (χ1) is 7.27. The highest BCUT2D eigenvalue weighted by molar-refractivity contribution is 5.23. The van der Waals surface area contributed by atoms with Crippen LogP contribution >= 0.6 is 0 Å². The third-order valence-corrected chi connectivity index (χ3v) is 3.17. The zero-order chi connectivity index (χ0) is 10.7. The van der Waals surface area contributed by atoms with Crippen molar-refractivity contribution < 1.29 is 0 Å². The first kappa shape index (κ1) is 10.6. The molecular weight excluding hydrogens is 188 g/mol. The molecule has 0 bridgehead atoms. The summed E-state index contributed by atoms with van der Waals surface area (Å²) >= 11 is 0. The third-order valence-electron chi connectivity index (χ3n) is 3.17. The second-order valence-electron chi connectivity index (χ2n) is 4.25. The summed E-state index contributed by atoms with van der Waals surface area (Å²) in [6.07, 6.45) is 1.12. The number of hydrogen-bond donors (Lipinski definition) is 2. The summed E-state index contributed by atoms with van der Waals surface area (Å²) in [5.41, 5.74) is 3.78. The molecule has 1 aliphatic rings. The highest BCUT2D eigenvalue weighted by atomic mass is 15.2. The van der Waals surface area contributed by atoms with Crippen molar-refractivity contribution in [2.24, 2.45) is 0 Å². The first-order valence-corrected chi connectivity index (χ1v) is 5.71.